The van der Waals surface area contributed by atoms with E-state index in [2.05, 4.69) is 10.6 Å². The molecule has 1 spiro atoms. The van der Waals surface area contributed by atoms with Crippen LogP contribution in [0.25, 0.3) is 0 Å². The van der Waals surface area contributed by atoms with Gasteiger partial charge in [-0.1, -0.05) is 32.0 Å². The Balaban J connectivity index is 2.01. The third kappa shape index (κ3) is 5.26. The van der Waals surface area contributed by atoms with Crippen LogP contribution < -0.4 is 16.0 Å². The predicted molar refractivity (Wildman–Crippen MR) is 127 cm³/mol. The van der Waals surface area contributed by atoms with Gasteiger partial charge in [0.2, 0.25) is 17.7 Å². The van der Waals surface area contributed by atoms with E-state index < -0.39 is 46.8 Å². The van der Waals surface area contributed by atoms with E-state index in [1.54, 1.807) is 37.4 Å². The van der Waals surface area contributed by atoms with Gasteiger partial charge < -0.3 is 20.9 Å². The topological polar surface area (TPSA) is 131 Å². The molecule has 3 N–H and O–H groups in total. The number of halogens is 3. The number of benzene rings is 1. The van der Waals surface area contributed by atoms with Crippen molar-refractivity contribution in [3.8, 4) is 6.07 Å². The lowest BCUT2D eigenvalue weighted by Gasteiger charge is -2.39. The summed E-state index contributed by atoms with van der Waals surface area (Å²) in [5, 5.41) is 16.7. The van der Waals surface area contributed by atoms with Crippen molar-refractivity contribution in [1.29, 1.82) is 5.26 Å². The molecule has 12 heteroatoms. The molecule has 0 bridgehead atoms. The van der Waals surface area contributed by atoms with Crippen LogP contribution in [0.1, 0.15) is 39.2 Å². The highest BCUT2D eigenvalue weighted by Crippen LogP contribution is 2.44. The fourth-order valence-electron chi connectivity index (χ4n) is 5.24. The molecule has 1 aromatic rings. The smallest absolute Gasteiger partial charge is 0.357 e. The molecule has 1 fully saturated rings. The highest BCUT2D eigenvalue weighted by Gasteiger charge is 2.57. The van der Waals surface area contributed by atoms with Gasteiger partial charge in [-0.3, -0.25) is 19.2 Å². The van der Waals surface area contributed by atoms with Crippen LogP contribution in [0.3, 0.4) is 0 Å². The van der Waals surface area contributed by atoms with Crippen LogP contribution in [-0.4, -0.2) is 59.9 Å². The van der Waals surface area contributed by atoms with Gasteiger partial charge in [-0.25, -0.2) is 0 Å². The molecule has 4 atom stereocenters. The zero-order chi connectivity index (χ0) is 27.8. The Morgan fingerprint density at radius 3 is 2.46 bits per heavy atom. The van der Waals surface area contributed by atoms with Gasteiger partial charge in [0, 0.05) is 19.3 Å². The monoisotopic (exact) mass is 521 g/mol. The van der Waals surface area contributed by atoms with Gasteiger partial charge in [-0.15, -0.1) is 0 Å². The Labute approximate surface area is 212 Å². The number of carbonyl (C=O) groups excluding carboxylic acids is 4. The fourth-order valence-corrected chi connectivity index (χ4v) is 5.24. The molecule has 0 aromatic heterocycles. The lowest BCUT2D eigenvalue weighted by molar-refractivity contribution is -0.177. The van der Waals surface area contributed by atoms with E-state index >= 15 is 0 Å². The number of rotatable bonds is 6. The standard InChI is InChI=1S/C25H30F3N5O4/c1-14(2)9-17(23(3,20(35)30-4)32-22(37)25(26,27)28)19(34)33-13-24(11-16(33)12-29)10-15-7-5-6-8-18(15)31-21(24)36/h5-8,14,16-17H,9-11,13H2,1-4H3,(H,30,35)(H,31,36)(H,32,37)/t16-,17+,23?,24-/m0/s1. The molecule has 1 aromatic carbocycles. The number of hydrogen-bond donors (Lipinski definition) is 3. The fraction of sp³-hybridized carbons (Fsp3) is 0.560. The Morgan fingerprint density at radius 2 is 1.89 bits per heavy atom. The van der Waals surface area contributed by atoms with E-state index in [4.69, 9.17) is 0 Å². The summed E-state index contributed by atoms with van der Waals surface area (Å²) < 4.78 is 39.5. The highest BCUT2D eigenvalue weighted by atomic mass is 19.4. The van der Waals surface area contributed by atoms with Crippen LogP contribution in [-0.2, 0) is 25.6 Å². The van der Waals surface area contributed by atoms with E-state index in [-0.39, 0.29) is 37.6 Å². The Bertz CT molecular complexity index is 1150. The summed E-state index contributed by atoms with van der Waals surface area (Å²) in [7, 11) is 1.18. The number of anilines is 1. The van der Waals surface area contributed by atoms with E-state index in [0.717, 1.165) is 12.5 Å². The molecular weight excluding hydrogens is 491 g/mol. The second-order valence-corrected chi connectivity index (χ2v) is 10.3. The number of fused-ring (bicyclic) bond motifs is 1. The van der Waals surface area contributed by atoms with Crippen molar-refractivity contribution in [2.24, 2.45) is 17.3 Å². The minimum atomic E-state index is -5.29. The molecule has 200 valence electrons. The van der Waals surface area contributed by atoms with Gasteiger partial charge in [-0.2, -0.15) is 18.4 Å². The summed E-state index contributed by atoms with van der Waals surface area (Å²) >= 11 is 0. The molecule has 2 aliphatic rings. The van der Waals surface area contributed by atoms with E-state index in [9.17, 15) is 37.6 Å². The van der Waals surface area contributed by atoms with Crippen LogP contribution in [0.2, 0.25) is 0 Å². The number of hydrogen-bond acceptors (Lipinski definition) is 5. The molecule has 0 aliphatic carbocycles. The molecule has 37 heavy (non-hydrogen) atoms. The van der Waals surface area contributed by atoms with Crippen molar-refractivity contribution in [2.45, 2.75) is 57.8 Å². The number of amides is 4. The number of carbonyl (C=O) groups is 4. The van der Waals surface area contributed by atoms with Crippen molar-refractivity contribution in [2.75, 3.05) is 18.9 Å². The van der Waals surface area contributed by atoms with Crippen LogP contribution in [0.15, 0.2) is 24.3 Å². The number of nitriles is 1. The first-order valence-corrected chi connectivity index (χ1v) is 11.9. The SMILES string of the molecule is CNC(=O)C(C)(NC(=O)C(F)(F)F)[C@H](CC(C)C)C(=O)N1C[C@]2(Cc3ccccc3NC2=O)C[C@H]1C#N. The van der Waals surface area contributed by atoms with Crippen molar-refractivity contribution >= 4 is 29.3 Å². The number of likely N-dealkylation sites (N-methyl/N-ethyl adjacent to an activating group) is 1. The average Bonchev–Trinajstić information content (AvgIpc) is 3.20. The molecule has 1 saturated heterocycles. The lowest BCUT2D eigenvalue weighted by atomic mass is 9.76. The van der Waals surface area contributed by atoms with Gasteiger partial charge in [0.25, 0.3) is 0 Å². The third-order valence-electron chi connectivity index (χ3n) is 7.17. The number of nitrogens with zero attached hydrogens (tertiary/aromatic N) is 2. The molecule has 0 radical (unpaired) electrons. The Morgan fingerprint density at radius 1 is 1.24 bits per heavy atom. The summed E-state index contributed by atoms with van der Waals surface area (Å²) in [4.78, 5) is 53.1. The molecular formula is C25H30F3N5O4. The first-order valence-electron chi connectivity index (χ1n) is 11.9. The van der Waals surface area contributed by atoms with Crippen LogP contribution in [0.4, 0.5) is 18.9 Å². The normalized spacial score (nSPS) is 23.5. The second kappa shape index (κ2) is 10.0. The number of nitrogens with one attached hydrogen (secondary N) is 3. The van der Waals surface area contributed by atoms with Gasteiger partial charge in [-0.05, 0) is 43.7 Å². The largest absolute Gasteiger partial charge is 0.471 e. The van der Waals surface area contributed by atoms with Crippen LogP contribution in [0.5, 0.6) is 0 Å². The summed E-state index contributed by atoms with van der Waals surface area (Å²) in [6.07, 6.45) is -5.06. The molecule has 1 unspecified atom stereocenters. The lowest BCUT2D eigenvalue weighted by Crippen LogP contribution is -2.66. The van der Waals surface area contributed by atoms with E-state index in [1.165, 1.54) is 11.9 Å². The van der Waals surface area contributed by atoms with Gasteiger partial charge >= 0.3 is 12.1 Å². The highest BCUT2D eigenvalue weighted by molar-refractivity contribution is 6.01. The quantitative estimate of drug-likeness (QED) is 0.528. The molecule has 4 amide bonds. The molecule has 3 rings (SSSR count). The maximum atomic E-state index is 14.0. The summed E-state index contributed by atoms with van der Waals surface area (Å²) in [6, 6.07) is 8.14. The predicted octanol–water partition coefficient (Wildman–Crippen LogP) is 2.14. The summed E-state index contributed by atoms with van der Waals surface area (Å²) in [6.45, 7) is 4.34. The van der Waals surface area contributed by atoms with E-state index in [1.807, 2.05) is 12.1 Å². The first kappa shape index (κ1) is 28.0. The second-order valence-electron chi connectivity index (χ2n) is 10.3. The minimum absolute atomic E-state index is 0.0232. The van der Waals surface area contributed by atoms with Gasteiger partial charge in [0.1, 0.15) is 11.6 Å². The van der Waals surface area contributed by atoms with Crippen molar-refractivity contribution in [1.82, 2.24) is 15.5 Å². The summed E-state index contributed by atoms with van der Waals surface area (Å²) in [5.41, 5.74) is -1.93. The van der Waals surface area contributed by atoms with Crippen LogP contribution >= 0.6 is 0 Å². The van der Waals surface area contributed by atoms with Crippen molar-refractivity contribution in [3.63, 3.8) is 0 Å². The van der Waals surface area contributed by atoms with E-state index in [0.29, 0.717) is 5.69 Å². The Kier molecular flexibility index (Phi) is 7.58. The first-order chi connectivity index (χ1) is 17.2. The molecule has 2 heterocycles. The number of likely N-dealkylation sites (tertiary alicyclic amines) is 1. The molecule has 0 saturated carbocycles. The van der Waals surface area contributed by atoms with Gasteiger partial charge in [0.15, 0.2) is 0 Å². The van der Waals surface area contributed by atoms with Crippen molar-refractivity contribution < 1.29 is 32.3 Å². The maximum absolute atomic E-state index is 14.0. The number of alkyl halides is 3. The van der Waals surface area contributed by atoms with Gasteiger partial charge in [0.05, 0.1) is 17.4 Å². The molecule has 2 aliphatic heterocycles. The van der Waals surface area contributed by atoms with Crippen molar-refractivity contribution in [3.05, 3.63) is 29.8 Å². The zero-order valence-corrected chi connectivity index (χ0v) is 21.0. The average molecular weight is 522 g/mol. The minimum Gasteiger partial charge on any atom is -0.357 e. The number of para-hydroxylation sites is 1. The summed E-state index contributed by atoms with van der Waals surface area (Å²) in [5.74, 6) is -6.20. The zero-order valence-electron chi connectivity index (χ0n) is 21.0. The third-order valence-corrected chi connectivity index (χ3v) is 7.17. The maximum Gasteiger partial charge on any atom is 0.471 e. The molecule has 9 nitrogen and oxygen atoms in total. The van der Waals surface area contributed by atoms with Crippen LogP contribution in [0, 0.1) is 28.6 Å². The Hall–Kier alpha value is -3.62.